The molecule has 2 atom stereocenters. The molecular formula is C20H24N2O. The van der Waals surface area contributed by atoms with E-state index in [4.69, 9.17) is 4.98 Å². The Morgan fingerprint density at radius 1 is 1.13 bits per heavy atom. The molecule has 120 valence electrons. The highest BCUT2D eigenvalue weighted by Crippen LogP contribution is 2.31. The van der Waals surface area contributed by atoms with Crippen molar-refractivity contribution in [3.05, 3.63) is 41.1 Å². The molecule has 2 aromatic rings. The van der Waals surface area contributed by atoms with Crippen molar-refractivity contribution in [2.24, 2.45) is 5.92 Å². The van der Waals surface area contributed by atoms with Gasteiger partial charge in [0.15, 0.2) is 0 Å². The molecule has 23 heavy (non-hydrogen) atoms. The lowest BCUT2D eigenvalue weighted by atomic mass is 9.85. The van der Waals surface area contributed by atoms with Crippen LogP contribution in [0.3, 0.4) is 0 Å². The van der Waals surface area contributed by atoms with Crippen LogP contribution in [0.25, 0.3) is 10.9 Å². The fourth-order valence-corrected chi connectivity index (χ4v) is 4.24. The Morgan fingerprint density at radius 3 is 2.83 bits per heavy atom. The van der Waals surface area contributed by atoms with E-state index in [1.165, 1.54) is 24.8 Å². The van der Waals surface area contributed by atoms with Gasteiger partial charge in [0.05, 0.1) is 11.1 Å². The number of nitrogens with zero attached hydrogens (tertiary/aromatic N) is 1. The van der Waals surface area contributed by atoms with Crippen molar-refractivity contribution in [3.8, 4) is 0 Å². The fourth-order valence-electron chi connectivity index (χ4n) is 4.24. The van der Waals surface area contributed by atoms with Crippen molar-refractivity contribution < 1.29 is 4.79 Å². The maximum absolute atomic E-state index is 13.1. The van der Waals surface area contributed by atoms with Gasteiger partial charge < -0.3 is 5.32 Å². The van der Waals surface area contributed by atoms with E-state index in [2.05, 4.69) is 12.2 Å². The molecule has 3 nitrogen and oxygen atoms in total. The minimum Gasteiger partial charge on any atom is -0.349 e. The summed E-state index contributed by atoms with van der Waals surface area (Å²) in [4.78, 5) is 17.9. The molecular weight excluding hydrogens is 284 g/mol. The Bertz CT molecular complexity index is 753. The first-order chi connectivity index (χ1) is 11.2. The van der Waals surface area contributed by atoms with Crippen LogP contribution in [0.15, 0.2) is 24.3 Å². The molecule has 1 fully saturated rings. The molecule has 2 aliphatic rings. The smallest absolute Gasteiger partial charge is 0.252 e. The van der Waals surface area contributed by atoms with Crippen molar-refractivity contribution in [3.63, 3.8) is 0 Å². The van der Waals surface area contributed by atoms with Crippen LogP contribution in [0.4, 0.5) is 0 Å². The molecule has 0 bridgehead atoms. The molecule has 0 aliphatic heterocycles. The van der Waals surface area contributed by atoms with Gasteiger partial charge in [-0.15, -0.1) is 0 Å². The van der Waals surface area contributed by atoms with E-state index < -0.39 is 0 Å². The van der Waals surface area contributed by atoms with Gasteiger partial charge in [-0.25, -0.2) is 0 Å². The highest BCUT2D eigenvalue weighted by Gasteiger charge is 2.27. The van der Waals surface area contributed by atoms with Gasteiger partial charge in [0, 0.05) is 17.1 Å². The molecule has 0 saturated heterocycles. The second-order valence-corrected chi connectivity index (χ2v) is 7.12. The van der Waals surface area contributed by atoms with Gasteiger partial charge in [-0.05, 0) is 49.7 Å². The lowest BCUT2D eigenvalue weighted by Crippen LogP contribution is -2.41. The number of carbonyl (C=O) groups is 1. The van der Waals surface area contributed by atoms with E-state index in [-0.39, 0.29) is 5.91 Å². The van der Waals surface area contributed by atoms with Crippen LogP contribution in [-0.4, -0.2) is 16.9 Å². The third-order valence-corrected chi connectivity index (χ3v) is 5.57. The van der Waals surface area contributed by atoms with E-state index in [1.807, 2.05) is 24.3 Å². The summed E-state index contributed by atoms with van der Waals surface area (Å²) in [7, 11) is 0. The molecule has 4 rings (SSSR count). The SMILES string of the molecule is CC1CCCCC1NC(=O)c1c2c(nc3ccccc13)CCC2. The molecule has 1 aromatic heterocycles. The number of pyridine rings is 1. The highest BCUT2D eigenvalue weighted by atomic mass is 16.1. The molecule has 0 spiro atoms. The second kappa shape index (κ2) is 5.95. The van der Waals surface area contributed by atoms with Gasteiger partial charge >= 0.3 is 0 Å². The van der Waals surface area contributed by atoms with Gasteiger partial charge in [0.2, 0.25) is 0 Å². The topological polar surface area (TPSA) is 42.0 Å². The summed E-state index contributed by atoms with van der Waals surface area (Å²) in [6, 6.07) is 8.39. The van der Waals surface area contributed by atoms with Crippen LogP contribution in [-0.2, 0) is 12.8 Å². The molecule has 2 unspecified atom stereocenters. The highest BCUT2D eigenvalue weighted by molar-refractivity contribution is 6.08. The van der Waals surface area contributed by atoms with Gasteiger partial charge in [0.1, 0.15) is 0 Å². The Balaban J connectivity index is 1.74. The number of hydrogen-bond donors (Lipinski definition) is 1. The van der Waals surface area contributed by atoms with E-state index in [0.29, 0.717) is 12.0 Å². The van der Waals surface area contributed by atoms with Gasteiger partial charge in [-0.1, -0.05) is 38.0 Å². The summed E-state index contributed by atoms with van der Waals surface area (Å²) in [6.45, 7) is 2.26. The number of para-hydroxylation sites is 1. The Hall–Kier alpha value is -1.90. The van der Waals surface area contributed by atoms with Gasteiger partial charge in [-0.3, -0.25) is 9.78 Å². The average molecular weight is 308 g/mol. The number of amides is 1. The zero-order valence-corrected chi connectivity index (χ0v) is 13.8. The third-order valence-electron chi connectivity index (χ3n) is 5.57. The lowest BCUT2D eigenvalue weighted by molar-refractivity contribution is 0.0911. The summed E-state index contributed by atoms with van der Waals surface area (Å²) in [5, 5.41) is 4.35. The second-order valence-electron chi connectivity index (χ2n) is 7.12. The average Bonchev–Trinajstić information content (AvgIpc) is 3.02. The Labute approximate surface area is 137 Å². The van der Waals surface area contributed by atoms with Crippen LogP contribution in [0.1, 0.15) is 60.6 Å². The predicted molar refractivity (Wildman–Crippen MR) is 92.7 cm³/mol. The van der Waals surface area contributed by atoms with Crippen molar-refractivity contribution in [1.82, 2.24) is 10.3 Å². The van der Waals surface area contributed by atoms with Crippen LogP contribution >= 0.6 is 0 Å². The fraction of sp³-hybridized carbons (Fsp3) is 0.500. The molecule has 1 aromatic carbocycles. The molecule has 2 aliphatic carbocycles. The number of fused-ring (bicyclic) bond motifs is 2. The van der Waals surface area contributed by atoms with Crippen molar-refractivity contribution >= 4 is 16.8 Å². The molecule has 1 amide bonds. The number of nitrogens with one attached hydrogen (secondary N) is 1. The predicted octanol–water partition coefficient (Wildman–Crippen LogP) is 4.03. The van der Waals surface area contributed by atoms with Gasteiger partial charge in [-0.2, -0.15) is 0 Å². The quantitative estimate of drug-likeness (QED) is 0.910. The number of benzene rings is 1. The van der Waals surface area contributed by atoms with E-state index >= 15 is 0 Å². The first kappa shape index (κ1) is 14.7. The van der Waals surface area contributed by atoms with E-state index in [1.54, 1.807) is 0 Å². The number of aryl methyl sites for hydroxylation is 1. The number of carbonyl (C=O) groups excluding carboxylic acids is 1. The summed E-state index contributed by atoms with van der Waals surface area (Å²) in [5.74, 6) is 0.689. The molecule has 1 N–H and O–H groups in total. The number of rotatable bonds is 2. The standard InChI is InChI=1S/C20H24N2O/c1-13-7-2-4-10-16(13)22-20(23)19-14-8-3-5-11-17(14)21-18-12-6-9-15(18)19/h3,5,8,11,13,16H,2,4,6-7,9-10,12H2,1H3,(H,22,23). The van der Waals surface area contributed by atoms with Crippen LogP contribution in [0, 0.1) is 5.92 Å². The Morgan fingerprint density at radius 2 is 1.96 bits per heavy atom. The van der Waals surface area contributed by atoms with E-state index in [9.17, 15) is 4.79 Å². The molecule has 0 radical (unpaired) electrons. The summed E-state index contributed by atoms with van der Waals surface area (Å²) < 4.78 is 0. The van der Waals surface area contributed by atoms with Crippen LogP contribution < -0.4 is 5.32 Å². The normalized spacial score (nSPS) is 23.7. The van der Waals surface area contributed by atoms with Crippen molar-refractivity contribution in [1.29, 1.82) is 0 Å². The maximum Gasteiger partial charge on any atom is 0.252 e. The monoisotopic (exact) mass is 308 g/mol. The van der Waals surface area contributed by atoms with Gasteiger partial charge in [0.25, 0.3) is 5.91 Å². The number of hydrogen-bond acceptors (Lipinski definition) is 2. The third kappa shape index (κ3) is 2.62. The van der Waals surface area contributed by atoms with Crippen molar-refractivity contribution in [2.75, 3.05) is 0 Å². The first-order valence-corrected chi connectivity index (χ1v) is 8.95. The summed E-state index contributed by atoms with van der Waals surface area (Å²) in [5.41, 5.74) is 4.16. The van der Waals surface area contributed by atoms with E-state index in [0.717, 1.165) is 47.8 Å². The number of aromatic nitrogens is 1. The van der Waals surface area contributed by atoms with Crippen LogP contribution in [0.5, 0.6) is 0 Å². The summed E-state index contributed by atoms with van der Waals surface area (Å²) >= 11 is 0. The lowest BCUT2D eigenvalue weighted by Gasteiger charge is -2.30. The molecule has 3 heteroatoms. The molecule has 1 heterocycles. The Kier molecular flexibility index (Phi) is 3.80. The first-order valence-electron chi connectivity index (χ1n) is 8.95. The molecule has 1 saturated carbocycles. The zero-order valence-electron chi connectivity index (χ0n) is 13.8. The van der Waals surface area contributed by atoms with Crippen molar-refractivity contribution in [2.45, 2.75) is 57.9 Å². The maximum atomic E-state index is 13.1. The largest absolute Gasteiger partial charge is 0.349 e. The minimum atomic E-state index is 0.112. The summed E-state index contributed by atoms with van der Waals surface area (Å²) in [6.07, 6.45) is 7.94. The van der Waals surface area contributed by atoms with Crippen LogP contribution in [0.2, 0.25) is 0 Å². The minimum absolute atomic E-state index is 0.112. The zero-order chi connectivity index (χ0) is 15.8.